The van der Waals surface area contributed by atoms with Gasteiger partial charge < -0.3 is 14.0 Å². The van der Waals surface area contributed by atoms with Crippen LogP contribution in [0.5, 0.6) is 5.88 Å². The van der Waals surface area contributed by atoms with Crippen LogP contribution >= 0.6 is 0 Å². The Kier molecular flexibility index (Phi) is 5.26. The second kappa shape index (κ2) is 7.60. The van der Waals surface area contributed by atoms with Crippen LogP contribution < -0.4 is 4.74 Å². The predicted molar refractivity (Wildman–Crippen MR) is 101 cm³/mol. The summed E-state index contributed by atoms with van der Waals surface area (Å²) in [7, 11) is 1.41. The molecule has 2 aromatic heterocycles. The lowest BCUT2D eigenvalue weighted by molar-refractivity contribution is -0.141. The van der Waals surface area contributed by atoms with Crippen LogP contribution in [-0.4, -0.2) is 28.7 Å². The summed E-state index contributed by atoms with van der Waals surface area (Å²) in [5, 5.41) is 1.15. The van der Waals surface area contributed by atoms with E-state index in [1.807, 2.05) is 61.9 Å². The largest absolute Gasteiger partial charge is 0.475 e. The molecule has 0 saturated heterocycles. The minimum Gasteiger partial charge on any atom is -0.475 e. The number of hydrogen-bond donors (Lipinski definition) is 0. The van der Waals surface area contributed by atoms with Crippen LogP contribution in [0.2, 0.25) is 0 Å². The molecule has 0 aliphatic carbocycles. The number of para-hydroxylation sites is 1. The van der Waals surface area contributed by atoms with E-state index in [9.17, 15) is 4.79 Å². The number of fused-ring (bicyclic) bond motifs is 1. The average molecular weight is 352 g/mol. The third-order valence-corrected chi connectivity index (χ3v) is 4.41. The first-order valence-corrected chi connectivity index (χ1v) is 8.74. The van der Waals surface area contributed by atoms with Crippen molar-refractivity contribution in [1.82, 2.24) is 9.55 Å². The summed E-state index contributed by atoms with van der Waals surface area (Å²) in [6, 6.07) is 12.1. The Balaban J connectivity index is 1.95. The van der Waals surface area contributed by atoms with Gasteiger partial charge >= 0.3 is 5.97 Å². The minimum absolute atomic E-state index is 0.104. The topological polar surface area (TPSA) is 53.4 Å². The normalized spacial score (nSPS) is 11.1. The van der Waals surface area contributed by atoms with E-state index >= 15 is 0 Å². The van der Waals surface area contributed by atoms with Crippen molar-refractivity contribution in [2.75, 3.05) is 7.11 Å². The molecule has 3 rings (SSSR count). The van der Waals surface area contributed by atoms with Crippen molar-refractivity contribution in [2.45, 2.75) is 39.8 Å². The predicted octanol–water partition coefficient (Wildman–Crippen LogP) is 3.90. The molecule has 0 fully saturated rings. The third kappa shape index (κ3) is 3.72. The Labute approximate surface area is 153 Å². The van der Waals surface area contributed by atoms with Crippen LogP contribution in [-0.2, 0) is 22.5 Å². The number of methoxy groups -OCH3 is 1. The van der Waals surface area contributed by atoms with Gasteiger partial charge in [-0.15, -0.1) is 0 Å². The van der Waals surface area contributed by atoms with E-state index in [0.29, 0.717) is 5.88 Å². The molecule has 0 amide bonds. The van der Waals surface area contributed by atoms with E-state index in [1.54, 1.807) is 0 Å². The summed E-state index contributed by atoms with van der Waals surface area (Å²) in [5.74, 6) is 0.380. The molecule has 2 heterocycles. The smallest absolute Gasteiger partial charge is 0.325 e. The van der Waals surface area contributed by atoms with Crippen LogP contribution in [0.25, 0.3) is 10.9 Å². The van der Waals surface area contributed by atoms with Crippen molar-refractivity contribution >= 4 is 16.9 Å². The summed E-state index contributed by atoms with van der Waals surface area (Å²) in [6.07, 6.45) is 2.70. The lowest BCUT2D eigenvalue weighted by atomic mass is 10.0. The first-order valence-electron chi connectivity index (χ1n) is 8.74. The fourth-order valence-electron chi connectivity index (χ4n) is 3.15. The molecule has 0 radical (unpaired) electrons. The fraction of sp³-hybridized carbons (Fsp3) is 0.333. The van der Waals surface area contributed by atoms with E-state index < -0.39 is 0 Å². The van der Waals surface area contributed by atoms with E-state index in [0.717, 1.165) is 28.6 Å². The lowest BCUT2D eigenvalue weighted by Gasteiger charge is -2.09. The van der Waals surface area contributed by atoms with E-state index in [-0.39, 0.29) is 18.6 Å². The molecule has 0 bridgehead atoms. The zero-order chi connectivity index (χ0) is 18.7. The number of aromatic nitrogens is 2. The van der Waals surface area contributed by atoms with E-state index in [4.69, 9.17) is 9.47 Å². The highest BCUT2D eigenvalue weighted by Gasteiger charge is 2.16. The lowest BCUT2D eigenvalue weighted by Crippen LogP contribution is -2.12. The first kappa shape index (κ1) is 18.0. The summed E-state index contributed by atoms with van der Waals surface area (Å²) in [4.78, 5) is 16.2. The number of nitrogens with zero attached hydrogens (tertiary/aromatic N) is 2. The molecule has 5 heteroatoms. The Hall–Kier alpha value is -2.82. The Morgan fingerprint density at radius 1 is 1.19 bits per heavy atom. The van der Waals surface area contributed by atoms with E-state index in [2.05, 4.69) is 11.1 Å². The summed E-state index contributed by atoms with van der Waals surface area (Å²) in [6.45, 7) is 6.22. The van der Waals surface area contributed by atoms with Crippen LogP contribution in [0.1, 0.15) is 30.7 Å². The second-order valence-electron chi connectivity index (χ2n) is 6.59. The molecule has 0 spiro atoms. The van der Waals surface area contributed by atoms with Gasteiger partial charge in [-0.2, -0.15) is 0 Å². The summed E-state index contributed by atoms with van der Waals surface area (Å²) >= 11 is 0. The number of pyridine rings is 1. The highest BCUT2D eigenvalue weighted by Crippen LogP contribution is 2.28. The number of carbonyl (C=O) groups excluding carboxylic acids is 1. The van der Waals surface area contributed by atoms with Gasteiger partial charge in [0.25, 0.3) is 0 Å². The summed E-state index contributed by atoms with van der Waals surface area (Å²) < 4.78 is 12.5. The van der Waals surface area contributed by atoms with Gasteiger partial charge in [-0.3, -0.25) is 4.79 Å². The Morgan fingerprint density at radius 3 is 2.62 bits per heavy atom. The molecule has 0 atom stereocenters. The van der Waals surface area contributed by atoms with Gasteiger partial charge in [-0.05, 0) is 38.0 Å². The number of ether oxygens (including phenoxy) is 2. The van der Waals surface area contributed by atoms with Gasteiger partial charge in [0.15, 0.2) is 0 Å². The van der Waals surface area contributed by atoms with Crippen LogP contribution in [0.3, 0.4) is 0 Å². The van der Waals surface area contributed by atoms with Crippen molar-refractivity contribution in [1.29, 1.82) is 0 Å². The van der Waals surface area contributed by atoms with Gasteiger partial charge in [-0.25, -0.2) is 4.98 Å². The van der Waals surface area contributed by atoms with Crippen molar-refractivity contribution in [3.05, 3.63) is 59.4 Å². The summed E-state index contributed by atoms with van der Waals surface area (Å²) in [5.41, 5.74) is 4.41. The molecule has 0 aliphatic rings. The molecule has 5 nitrogen and oxygen atoms in total. The maximum Gasteiger partial charge on any atom is 0.325 e. The zero-order valence-corrected chi connectivity index (χ0v) is 15.7. The standard InChI is InChI=1S/C21H24N2O3/c1-14(2)26-20-10-9-16(12-22-20)11-18-15(3)23(13-21(24)25-4)19-8-6-5-7-17(18)19/h5-10,12,14H,11,13H2,1-4H3. The van der Waals surface area contributed by atoms with Crippen LogP contribution in [0.15, 0.2) is 42.6 Å². The quantitative estimate of drug-likeness (QED) is 0.632. The number of esters is 1. The van der Waals surface area contributed by atoms with Gasteiger partial charge in [0.2, 0.25) is 5.88 Å². The molecule has 0 saturated carbocycles. The highest BCUT2D eigenvalue weighted by molar-refractivity contribution is 5.87. The minimum atomic E-state index is -0.253. The molecule has 1 aromatic carbocycles. The maximum absolute atomic E-state index is 11.8. The molecular weight excluding hydrogens is 328 g/mol. The molecule has 136 valence electrons. The number of benzene rings is 1. The second-order valence-corrected chi connectivity index (χ2v) is 6.59. The van der Waals surface area contributed by atoms with Crippen molar-refractivity contribution in [2.24, 2.45) is 0 Å². The van der Waals surface area contributed by atoms with Gasteiger partial charge in [0, 0.05) is 35.3 Å². The average Bonchev–Trinajstić information content (AvgIpc) is 2.88. The van der Waals surface area contributed by atoms with Gasteiger partial charge in [0.05, 0.1) is 13.2 Å². The number of hydrogen-bond acceptors (Lipinski definition) is 4. The SMILES string of the molecule is COC(=O)Cn1c(C)c(Cc2ccc(OC(C)C)nc2)c2ccccc21. The molecule has 3 aromatic rings. The van der Waals surface area contributed by atoms with E-state index in [1.165, 1.54) is 12.7 Å². The zero-order valence-electron chi connectivity index (χ0n) is 15.7. The molecular formula is C21H24N2O3. The van der Waals surface area contributed by atoms with Crippen LogP contribution in [0, 0.1) is 6.92 Å². The maximum atomic E-state index is 11.8. The third-order valence-electron chi connectivity index (χ3n) is 4.41. The van der Waals surface area contributed by atoms with Gasteiger partial charge in [0.1, 0.15) is 6.54 Å². The Morgan fingerprint density at radius 2 is 1.96 bits per heavy atom. The Bertz CT molecular complexity index is 911. The van der Waals surface area contributed by atoms with Crippen LogP contribution in [0.4, 0.5) is 0 Å². The van der Waals surface area contributed by atoms with Gasteiger partial charge in [-0.1, -0.05) is 24.3 Å². The molecule has 0 N–H and O–H groups in total. The molecule has 0 unspecified atom stereocenters. The first-order chi connectivity index (χ1) is 12.5. The van der Waals surface area contributed by atoms with Crippen molar-refractivity contribution in [3.8, 4) is 5.88 Å². The monoisotopic (exact) mass is 352 g/mol. The number of rotatable bonds is 6. The van der Waals surface area contributed by atoms with Crippen molar-refractivity contribution < 1.29 is 14.3 Å². The molecule has 0 aliphatic heterocycles. The highest BCUT2D eigenvalue weighted by atomic mass is 16.5. The molecule has 26 heavy (non-hydrogen) atoms. The number of carbonyl (C=O) groups is 1. The van der Waals surface area contributed by atoms with Crippen molar-refractivity contribution in [3.63, 3.8) is 0 Å². The fourth-order valence-corrected chi connectivity index (χ4v) is 3.15.